The molecule has 1 saturated heterocycles. The second-order valence-corrected chi connectivity index (χ2v) is 10.7. The predicted octanol–water partition coefficient (Wildman–Crippen LogP) is 5.88. The van der Waals surface area contributed by atoms with Gasteiger partial charge >= 0.3 is 0 Å². The average molecular weight is 502 g/mol. The van der Waals surface area contributed by atoms with Crippen molar-refractivity contribution in [3.63, 3.8) is 0 Å². The number of halogens is 2. The average Bonchev–Trinajstić information content (AvgIpc) is 3.02. The zero-order valence-electron chi connectivity index (χ0n) is 19.3. The number of nitrogens with zero attached hydrogens (tertiary/aromatic N) is 2. The lowest BCUT2D eigenvalue weighted by molar-refractivity contribution is -0.127. The maximum atomic E-state index is 15.0. The van der Waals surface area contributed by atoms with Gasteiger partial charge in [0.25, 0.3) is 11.1 Å². The molecule has 1 N–H and O–H groups in total. The zero-order valence-corrected chi connectivity index (χ0v) is 20.9. The molecule has 2 aromatic rings. The molecule has 0 spiro atoms. The molecule has 2 aliphatic heterocycles. The molecule has 9 heteroatoms. The molecule has 178 valence electrons. The molecule has 0 aliphatic carbocycles. The SMILES string of the molecule is CC1CC(C)(C)N(C)c2cc(F)c(/C=C3/SC(=O)N(CC(=O)Nc4ccc(Cl)cc4)C3=O)cc21. The summed E-state index contributed by atoms with van der Waals surface area (Å²) in [5, 5.41) is 2.57. The van der Waals surface area contributed by atoms with Crippen molar-refractivity contribution in [2.75, 3.05) is 23.8 Å². The first kappa shape index (κ1) is 24.3. The maximum Gasteiger partial charge on any atom is 0.294 e. The summed E-state index contributed by atoms with van der Waals surface area (Å²) in [6.07, 6.45) is 2.30. The number of imide groups is 1. The second kappa shape index (κ2) is 9.07. The molecule has 1 unspecified atom stereocenters. The summed E-state index contributed by atoms with van der Waals surface area (Å²) in [5.74, 6) is -1.40. The highest BCUT2D eigenvalue weighted by atomic mass is 35.5. The van der Waals surface area contributed by atoms with Crippen LogP contribution in [-0.2, 0) is 9.59 Å². The summed E-state index contributed by atoms with van der Waals surface area (Å²) in [6.45, 7) is 5.91. The van der Waals surface area contributed by atoms with Crippen LogP contribution in [-0.4, -0.2) is 41.1 Å². The number of anilines is 2. The molecule has 1 fully saturated rings. The highest BCUT2D eigenvalue weighted by Gasteiger charge is 2.37. The summed E-state index contributed by atoms with van der Waals surface area (Å²) in [4.78, 5) is 40.6. The zero-order chi connectivity index (χ0) is 24.8. The van der Waals surface area contributed by atoms with Gasteiger partial charge < -0.3 is 10.2 Å². The Labute approximate surface area is 207 Å². The second-order valence-electron chi connectivity index (χ2n) is 9.23. The number of rotatable bonds is 4. The van der Waals surface area contributed by atoms with Gasteiger partial charge in [0.05, 0.1) is 4.91 Å². The van der Waals surface area contributed by atoms with Crippen molar-refractivity contribution < 1.29 is 18.8 Å². The van der Waals surface area contributed by atoms with Gasteiger partial charge in [-0.3, -0.25) is 19.3 Å². The summed E-state index contributed by atoms with van der Waals surface area (Å²) < 4.78 is 15.0. The van der Waals surface area contributed by atoms with E-state index in [9.17, 15) is 14.4 Å². The van der Waals surface area contributed by atoms with Crippen LogP contribution >= 0.6 is 23.4 Å². The highest BCUT2D eigenvalue weighted by molar-refractivity contribution is 8.18. The summed E-state index contributed by atoms with van der Waals surface area (Å²) >= 11 is 6.53. The molecular formula is C25H25ClFN3O3S. The number of thioether (sulfide) groups is 1. The van der Waals surface area contributed by atoms with Gasteiger partial charge in [0.15, 0.2) is 0 Å². The van der Waals surface area contributed by atoms with Gasteiger partial charge in [0.2, 0.25) is 5.91 Å². The van der Waals surface area contributed by atoms with Crippen molar-refractivity contribution >= 4 is 57.9 Å². The van der Waals surface area contributed by atoms with Gasteiger partial charge in [-0.15, -0.1) is 0 Å². The van der Waals surface area contributed by atoms with E-state index in [2.05, 4.69) is 31.0 Å². The van der Waals surface area contributed by atoms with E-state index >= 15 is 4.39 Å². The molecule has 3 amide bonds. The first-order valence-corrected chi connectivity index (χ1v) is 12.0. The lowest BCUT2D eigenvalue weighted by Crippen LogP contribution is -2.45. The van der Waals surface area contributed by atoms with Gasteiger partial charge in [-0.05, 0) is 86.0 Å². The van der Waals surface area contributed by atoms with E-state index in [1.165, 1.54) is 12.1 Å². The fraction of sp³-hybridized carbons (Fsp3) is 0.320. The van der Waals surface area contributed by atoms with Crippen LogP contribution in [0.4, 0.5) is 20.6 Å². The molecule has 34 heavy (non-hydrogen) atoms. The van der Waals surface area contributed by atoms with E-state index in [1.807, 2.05) is 7.05 Å². The topological polar surface area (TPSA) is 69.7 Å². The Balaban J connectivity index is 1.54. The van der Waals surface area contributed by atoms with Crippen molar-refractivity contribution in [1.29, 1.82) is 0 Å². The van der Waals surface area contributed by atoms with Crippen molar-refractivity contribution in [2.45, 2.75) is 38.6 Å². The van der Waals surface area contributed by atoms with Crippen LogP contribution in [0.15, 0.2) is 41.3 Å². The van der Waals surface area contributed by atoms with Gasteiger partial charge in [-0.25, -0.2) is 4.39 Å². The molecule has 2 heterocycles. The Morgan fingerprint density at radius 1 is 1.26 bits per heavy atom. The number of amides is 3. The lowest BCUT2D eigenvalue weighted by Gasteiger charge is -2.45. The highest BCUT2D eigenvalue weighted by Crippen LogP contribution is 2.44. The van der Waals surface area contributed by atoms with Crippen LogP contribution in [0, 0.1) is 5.82 Å². The Morgan fingerprint density at radius 3 is 2.62 bits per heavy atom. The number of carbonyl (C=O) groups excluding carboxylic acids is 3. The largest absolute Gasteiger partial charge is 0.369 e. The molecule has 0 saturated carbocycles. The number of fused-ring (bicyclic) bond motifs is 1. The van der Waals surface area contributed by atoms with Crippen molar-refractivity contribution in [1.82, 2.24) is 4.90 Å². The van der Waals surface area contributed by atoms with Crippen LogP contribution < -0.4 is 10.2 Å². The third kappa shape index (κ3) is 4.70. The predicted molar refractivity (Wildman–Crippen MR) is 135 cm³/mol. The molecule has 0 radical (unpaired) electrons. The Morgan fingerprint density at radius 2 is 1.94 bits per heavy atom. The molecule has 6 nitrogen and oxygen atoms in total. The quantitative estimate of drug-likeness (QED) is 0.530. The molecular weight excluding hydrogens is 477 g/mol. The molecule has 0 bridgehead atoms. The van der Waals surface area contributed by atoms with Gasteiger partial charge in [0, 0.05) is 34.5 Å². The number of carbonyl (C=O) groups is 3. The van der Waals surface area contributed by atoms with E-state index < -0.39 is 29.4 Å². The Bertz CT molecular complexity index is 1210. The van der Waals surface area contributed by atoms with E-state index in [4.69, 9.17) is 11.6 Å². The monoisotopic (exact) mass is 501 g/mol. The van der Waals surface area contributed by atoms with Crippen LogP contribution in [0.5, 0.6) is 0 Å². The number of hydrogen-bond donors (Lipinski definition) is 1. The molecule has 4 rings (SSSR count). The summed E-state index contributed by atoms with van der Waals surface area (Å²) in [7, 11) is 1.95. The minimum absolute atomic E-state index is 0.0836. The Hall–Kier alpha value is -2.84. The van der Waals surface area contributed by atoms with Crippen molar-refractivity contribution in [3.8, 4) is 0 Å². The van der Waals surface area contributed by atoms with Crippen LogP contribution in [0.25, 0.3) is 6.08 Å². The standard InChI is InChI=1S/C25H25ClFN3O3S/c1-14-12-25(2,3)29(4)20-11-19(27)15(9-18(14)20)10-21-23(32)30(24(33)34-21)13-22(31)28-17-7-5-16(26)6-8-17/h5-11,14H,12-13H2,1-4H3,(H,28,31)/b21-10+. The van der Waals surface area contributed by atoms with Crippen LogP contribution in [0.3, 0.4) is 0 Å². The number of benzene rings is 2. The number of nitrogens with one attached hydrogen (secondary N) is 1. The smallest absolute Gasteiger partial charge is 0.294 e. The van der Waals surface area contributed by atoms with E-state index in [0.29, 0.717) is 22.5 Å². The van der Waals surface area contributed by atoms with Crippen LogP contribution in [0.1, 0.15) is 44.2 Å². The summed E-state index contributed by atoms with van der Waals surface area (Å²) in [6, 6.07) is 9.71. The number of hydrogen-bond acceptors (Lipinski definition) is 5. The van der Waals surface area contributed by atoms with Crippen LogP contribution in [0.2, 0.25) is 5.02 Å². The van der Waals surface area contributed by atoms with E-state index in [0.717, 1.165) is 22.6 Å². The van der Waals surface area contributed by atoms with E-state index in [-0.39, 0.29) is 21.9 Å². The first-order valence-electron chi connectivity index (χ1n) is 10.8. The fourth-order valence-electron chi connectivity index (χ4n) is 4.37. The minimum atomic E-state index is -0.621. The molecule has 1 atom stereocenters. The van der Waals surface area contributed by atoms with E-state index in [1.54, 1.807) is 30.3 Å². The molecule has 2 aromatic carbocycles. The normalized spacial score (nSPS) is 20.6. The molecule has 2 aliphatic rings. The Kier molecular flexibility index (Phi) is 6.48. The van der Waals surface area contributed by atoms with Crippen molar-refractivity contribution in [2.24, 2.45) is 0 Å². The lowest BCUT2D eigenvalue weighted by atomic mass is 9.80. The summed E-state index contributed by atoms with van der Waals surface area (Å²) in [5.41, 5.74) is 2.46. The van der Waals surface area contributed by atoms with Gasteiger partial charge in [-0.2, -0.15) is 0 Å². The minimum Gasteiger partial charge on any atom is -0.369 e. The maximum absolute atomic E-state index is 15.0. The first-order chi connectivity index (χ1) is 16.0. The van der Waals surface area contributed by atoms with Crippen molar-refractivity contribution in [3.05, 3.63) is 63.3 Å². The third-order valence-electron chi connectivity index (χ3n) is 6.34. The fourth-order valence-corrected chi connectivity index (χ4v) is 5.33. The van der Waals surface area contributed by atoms with Gasteiger partial charge in [-0.1, -0.05) is 18.5 Å². The third-order valence-corrected chi connectivity index (χ3v) is 7.50. The molecule has 0 aromatic heterocycles. The van der Waals surface area contributed by atoms with Gasteiger partial charge in [0.1, 0.15) is 12.4 Å².